The molecule has 1 aliphatic rings. The standard InChI is InChI=1S/C14H18ClNO/c1-11-3-2-4-12(7-11)5-6-16-10-13(9-15)8-14(16)17/h2-4,7,13H,5-6,8-10H2,1H3. The van der Waals surface area contributed by atoms with Crippen LogP contribution in [0.1, 0.15) is 17.5 Å². The van der Waals surface area contributed by atoms with Gasteiger partial charge in [-0.2, -0.15) is 0 Å². The lowest BCUT2D eigenvalue weighted by atomic mass is 10.1. The first-order valence-electron chi connectivity index (χ1n) is 6.08. The fraction of sp³-hybridized carbons (Fsp3) is 0.500. The second kappa shape index (κ2) is 5.54. The van der Waals surface area contributed by atoms with Gasteiger partial charge in [-0.3, -0.25) is 4.79 Å². The third-order valence-electron chi connectivity index (χ3n) is 3.27. The summed E-state index contributed by atoms with van der Waals surface area (Å²) < 4.78 is 0. The molecule has 0 N–H and O–H groups in total. The van der Waals surface area contributed by atoms with Crippen LogP contribution in [-0.2, 0) is 11.2 Å². The molecule has 1 unspecified atom stereocenters. The summed E-state index contributed by atoms with van der Waals surface area (Å²) in [6, 6.07) is 8.46. The highest BCUT2D eigenvalue weighted by Crippen LogP contribution is 2.19. The summed E-state index contributed by atoms with van der Waals surface area (Å²) in [7, 11) is 0. The van der Waals surface area contributed by atoms with Gasteiger partial charge in [-0.05, 0) is 24.8 Å². The SMILES string of the molecule is Cc1cccc(CCN2CC(CCl)CC2=O)c1. The lowest BCUT2D eigenvalue weighted by molar-refractivity contribution is -0.127. The molecule has 0 bridgehead atoms. The number of rotatable bonds is 4. The molecule has 2 nitrogen and oxygen atoms in total. The summed E-state index contributed by atoms with van der Waals surface area (Å²) in [5.74, 6) is 1.19. The van der Waals surface area contributed by atoms with Crippen molar-refractivity contribution in [3.63, 3.8) is 0 Å². The highest BCUT2D eigenvalue weighted by atomic mass is 35.5. The van der Waals surface area contributed by atoms with E-state index in [2.05, 4.69) is 31.2 Å². The topological polar surface area (TPSA) is 20.3 Å². The van der Waals surface area contributed by atoms with Gasteiger partial charge >= 0.3 is 0 Å². The Morgan fingerprint density at radius 2 is 2.29 bits per heavy atom. The molecule has 1 aromatic carbocycles. The van der Waals surface area contributed by atoms with Gasteiger partial charge in [-0.25, -0.2) is 0 Å². The first kappa shape index (κ1) is 12.4. The third-order valence-corrected chi connectivity index (χ3v) is 3.70. The van der Waals surface area contributed by atoms with E-state index in [1.165, 1.54) is 11.1 Å². The number of aryl methyl sites for hydroxylation is 1. The fourth-order valence-electron chi connectivity index (χ4n) is 2.31. The average Bonchev–Trinajstić information content (AvgIpc) is 2.68. The van der Waals surface area contributed by atoms with Crippen molar-refractivity contribution < 1.29 is 4.79 Å². The van der Waals surface area contributed by atoms with Gasteiger partial charge in [0.2, 0.25) is 5.91 Å². The predicted molar refractivity (Wildman–Crippen MR) is 70.3 cm³/mol. The lowest BCUT2D eigenvalue weighted by Gasteiger charge is -2.16. The molecule has 92 valence electrons. The van der Waals surface area contributed by atoms with Gasteiger partial charge in [0, 0.05) is 25.4 Å². The maximum absolute atomic E-state index is 11.7. The van der Waals surface area contributed by atoms with E-state index in [0.717, 1.165) is 19.5 Å². The smallest absolute Gasteiger partial charge is 0.222 e. The molecule has 1 fully saturated rings. The highest BCUT2D eigenvalue weighted by molar-refractivity contribution is 6.18. The molecular weight excluding hydrogens is 234 g/mol. The number of nitrogens with zero attached hydrogens (tertiary/aromatic N) is 1. The molecule has 1 aromatic rings. The molecule has 1 aliphatic heterocycles. The zero-order chi connectivity index (χ0) is 12.3. The predicted octanol–water partition coefficient (Wildman–Crippen LogP) is 2.62. The molecule has 2 rings (SSSR count). The van der Waals surface area contributed by atoms with Crippen LogP contribution in [0, 0.1) is 12.8 Å². The second-order valence-electron chi connectivity index (χ2n) is 4.80. The monoisotopic (exact) mass is 251 g/mol. The van der Waals surface area contributed by atoms with Crippen molar-refractivity contribution in [2.24, 2.45) is 5.92 Å². The molecule has 0 saturated carbocycles. The number of carbonyl (C=O) groups excluding carboxylic acids is 1. The highest BCUT2D eigenvalue weighted by Gasteiger charge is 2.28. The third kappa shape index (κ3) is 3.22. The van der Waals surface area contributed by atoms with Gasteiger partial charge in [0.25, 0.3) is 0 Å². The lowest BCUT2D eigenvalue weighted by Crippen LogP contribution is -2.27. The van der Waals surface area contributed by atoms with Gasteiger partial charge in [-0.15, -0.1) is 11.6 Å². The fourth-order valence-corrected chi connectivity index (χ4v) is 2.51. The summed E-state index contributed by atoms with van der Waals surface area (Å²) in [5.41, 5.74) is 2.57. The van der Waals surface area contributed by atoms with Gasteiger partial charge in [0.15, 0.2) is 0 Å². The number of hydrogen-bond donors (Lipinski definition) is 0. The van der Waals surface area contributed by atoms with Crippen LogP contribution in [0.15, 0.2) is 24.3 Å². The molecule has 0 aliphatic carbocycles. The average molecular weight is 252 g/mol. The first-order chi connectivity index (χ1) is 8.19. The van der Waals surface area contributed by atoms with Gasteiger partial charge < -0.3 is 4.90 Å². The Balaban J connectivity index is 1.88. The van der Waals surface area contributed by atoms with Crippen molar-refractivity contribution in [2.75, 3.05) is 19.0 Å². The van der Waals surface area contributed by atoms with Crippen molar-refractivity contribution in [1.29, 1.82) is 0 Å². The number of carbonyl (C=O) groups is 1. The molecular formula is C14H18ClNO. The van der Waals surface area contributed by atoms with Gasteiger partial charge in [0.1, 0.15) is 0 Å². The van der Waals surface area contributed by atoms with E-state index in [4.69, 9.17) is 11.6 Å². The van der Waals surface area contributed by atoms with Crippen LogP contribution in [0.5, 0.6) is 0 Å². The van der Waals surface area contributed by atoms with Crippen LogP contribution in [0.25, 0.3) is 0 Å². The summed E-state index contributed by atoms with van der Waals surface area (Å²) in [6.45, 7) is 3.73. The number of amides is 1. The van der Waals surface area contributed by atoms with E-state index in [1.807, 2.05) is 4.90 Å². The Bertz CT molecular complexity index is 405. The van der Waals surface area contributed by atoms with Crippen LogP contribution in [0.2, 0.25) is 0 Å². The summed E-state index contributed by atoms with van der Waals surface area (Å²) >= 11 is 5.80. The minimum Gasteiger partial charge on any atom is -0.342 e. The van der Waals surface area contributed by atoms with Crippen LogP contribution in [0.3, 0.4) is 0 Å². The molecule has 1 saturated heterocycles. The number of halogens is 1. The Kier molecular flexibility index (Phi) is 4.06. The van der Waals surface area contributed by atoms with Crippen molar-refractivity contribution in [3.8, 4) is 0 Å². The van der Waals surface area contributed by atoms with Crippen LogP contribution in [-0.4, -0.2) is 29.8 Å². The molecule has 1 amide bonds. The van der Waals surface area contributed by atoms with Crippen molar-refractivity contribution in [3.05, 3.63) is 35.4 Å². The van der Waals surface area contributed by atoms with Crippen LogP contribution in [0.4, 0.5) is 0 Å². The molecule has 0 aromatic heterocycles. The van der Waals surface area contributed by atoms with E-state index < -0.39 is 0 Å². The quantitative estimate of drug-likeness (QED) is 0.754. The molecule has 0 spiro atoms. The van der Waals surface area contributed by atoms with Gasteiger partial charge in [0.05, 0.1) is 0 Å². The van der Waals surface area contributed by atoms with E-state index in [0.29, 0.717) is 18.2 Å². The minimum atomic E-state index is 0.253. The van der Waals surface area contributed by atoms with Gasteiger partial charge in [-0.1, -0.05) is 29.8 Å². The van der Waals surface area contributed by atoms with Crippen LogP contribution >= 0.6 is 11.6 Å². The summed E-state index contributed by atoms with van der Waals surface area (Å²) in [6.07, 6.45) is 1.56. The number of alkyl halides is 1. The summed E-state index contributed by atoms with van der Waals surface area (Å²) in [4.78, 5) is 13.6. The van der Waals surface area contributed by atoms with Crippen molar-refractivity contribution in [1.82, 2.24) is 4.90 Å². The maximum Gasteiger partial charge on any atom is 0.222 e. The molecule has 1 atom stereocenters. The van der Waals surface area contributed by atoms with E-state index >= 15 is 0 Å². The Morgan fingerprint density at radius 3 is 2.94 bits per heavy atom. The van der Waals surface area contributed by atoms with Crippen LogP contribution < -0.4 is 0 Å². The van der Waals surface area contributed by atoms with Crippen molar-refractivity contribution in [2.45, 2.75) is 19.8 Å². The van der Waals surface area contributed by atoms with E-state index in [9.17, 15) is 4.79 Å². The second-order valence-corrected chi connectivity index (χ2v) is 5.11. The zero-order valence-corrected chi connectivity index (χ0v) is 10.9. The normalized spacial score (nSPS) is 20.0. The Hall–Kier alpha value is -1.02. The molecule has 1 heterocycles. The van der Waals surface area contributed by atoms with Crippen molar-refractivity contribution >= 4 is 17.5 Å². The van der Waals surface area contributed by atoms with E-state index in [-0.39, 0.29) is 5.91 Å². The number of hydrogen-bond acceptors (Lipinski definition) is 1. The molecule has 17 heavy (non-hydrogen) atoms. The Labute approximate surface area is 108 Å². The summed E-state index contributed by atoms with van der Waals surface area (Å²) in [5, 5.41) is 0. The Morgan fingerprint density at radius 1 is 1.47 bits per heavy atom. The largest absolute Gasteiger partial charge is 0.342 e. The zero-order valence-electron chi connectivity index (χ0n) is 10.2. The molecule has 3 heteroatoms. The maximum atomic E-state index is 11.7. The number of benzene rings is 1. The van der Waals surface area contributed by atoms with E-state index in [1.54, 1.807) is 0 Å². The molecule has 0 radical (unpaired) electrons. The minimum absolute atomic E-state index is 0.253. The number of likely N-dealkylation sites (tertiary alicyclic amines) is 1. The first-order valence-corrected chi connectivity index (χ1v) is 6.62.